The number of hydrogen-bond acceptors (Lipinski definition) is 4. The van der Waals surface area contributed by atoms with Crippen LogP contribution in [0.5, 0.6) is 0 Å². The van der Waals surface area contributed by atoms with E-state index in [4.69, 9.17) is 5.26 Å². The van der Waals surface area contributed by atoms with Gasteiger partial charge in [-0.1, -0.05) is 6.07 Å². The average molecular weight is 253 g/mol. The number of pyridine rings is 1. The molecule has 2 aromatic rings. The van der Waals surface area contributed by atoms with E-state index in [9.17, 15) is 5.11 Å². The zero-order valence-electron chi connectivity index (χ0n) is 10.9. The Balaban J connectivity index is 2.38. The van der Waals surface area contributed by atoms with Crippen LogP contribution in [0.25, 0.3) is 0 Å². The third-order valence-electron chi connectivity index (χ3n) is 2.97. The molecule has 4 nitrogen and oxygen atoms in total. The second kappa shape index (κ2) is 5.51. The predicted molar refractivity (Wildman–Crippen MR) is 74.1 cm³/mol. The quantitative estimate of drug-likeness (QED) is 0.913. The highest BCUT2D eigenvalue weighted by atomic mass is 16.3. The van der Waals surface area contributed by atoms with E-state index >= 15 is 0 Å². The molecule has 1 aromatic heterocycles. The fraction of sp³-hybridized carbons (Fsp3) is 0.200. The zero-order chi connectivity index (χ0) is 13.8. The van der Waals surface area contributed by atoms with E-state index in [2.05, 4.69) is 11.1 Å². The van der Waals surface area contributed by atoms with Gasteiger partial charge in [0.1, 0.15) is 5.82 Å². The highest BCUT2D eigenvalue weighted by Gasteiger charge is 2.13. The van der Waals surface area contributed by atoms with Gasteiger partial charge in [0.15, 0.2) is 0 Å². The fourth-order valence-corrected chi connectivity index (χ4v) is 1.90. The summed E-state index contributed by atoms with van der Waals surface area (Å²) in [5, 5.41) is 18.6. The highest BCUT2D eigenvalue weighted by molar-refractivity contribution is 5.63. The van der Waals surface area contributed by atoms with Crippen molar-refractivity contribution in [1.82, 2.24) is 4.98 Å². The fourth-order valence-electron chi connectivity index (χ4n) is 1.90. The molecule has 1 aromatic carbocycles. The van der Waals surface area contributed by atoms with Crippen molar-refractivity contribution >= 4 is 11.5 Å². The molecule has 1 unspecified atom stereocenters. The Hall–Kier alpha value is -2.38. The molecule has 0 fully saturated rings. The minimum absolute atomic E-state index is 0.579. The summed E-state index contributed by atoms with van der Waals surface area (Å²) in [6.45, 7) is 1.72. The first-order valence-electron chi connectivity index (χ1n) is 6.00. The van der Waals surface area contributed by atoms with Gasteiger partial charge in [0, 0.05) is 24.5 Å². The summed E-state index contributed by atoms with van der Waals surface area (Å²) in [5.41, 5.74) is 2.31. The van der Waals surface area contributed by atoms with E-state index in [0.29, 0.717) is 11.4 Å². The normalized spacial score (nSPS) is 11.7. The Bertz CT molecular complexity index is 600. The SMILES string of the molecule is CC(O)c1cccnc1N(C)c1ccc(C#N)cc1. The monoisotopic (exact) mass is 253 g/mol. The number of rotatable bonds is 3. The third-order valence-corrected chi connectivity index (χ3v) is 2.97. The summed E-state index contributed by atoms with van der Waals surface area (Å²) in [6.07, 6.45) is 1.12. The summed E-state index contributed by atoms with van der Waals surface area (Å²) in [5.74, 6) is 0.710. The topological polar surface area (TPSA) is 60.2 Å². The van der Waals surface area contributed by atoms with Crippen molar-refractivity contribution in [2.24, 2.45) is 0 Å². The first-order chi connectivity index (χ1) is 9.13. The molecule has 4 heteroatoms. The Labute approximate surface area is 112 Å². The summed E-state index contributed by atoms with van der Waals surface area (Å²) in [6, 6.07) is 13.0. The Kier molecular flexibility index (Phi) is 3.79. The summed E-state index contributed by atoms with van der Waals surface area (Å²) in [4.78, 5) is 6.21. The average Bonchev–Trinajstić information content (AvgIpc) is 2.46. The van der Waals surface area contributed by atoms with Crippen LogP contribution in [0.4, 0.5) is 11.5 Å². The number of benzene rings is 1. The lowest BCUT2D eigenvalue weighted by Gasteiger charge is -2.22. The number of nitriles is 1. The van der Waals surface area contributed by atoms with Gasteiger partial charge >= 0.3 is 0 Å². The lowest BCUT2D eigenvalue weighted by molar-refractivity contribution is 0.199. The minimum Gasteiger partial charge on any atom is -0.389 e. The summed E-state index contributed by atoms with van der Waals surface area (Å²) >= 11 is 0. The largest absolute Gasteiger partial charge is 0.389 e. The van der Waals surface area contributed by atoms with Crippen molar-refractivity contribution < 1.29 is 5.11 Å². The Morgan fingerprint density at radius 3 is 2.53 bits per heavy atom. The molecule has 0 amide bonds. The van der Waals surface area contributed by atoms with Crippen LogP contribution in [0.1, 0.15) is 24.2 Å². The van der Waals surface area contributed by atoms with Crippen molar-refractivity contribution in [3.05, 3.63) is 53.7 Å². The van der Waals surface area contributed by atoms with Gasteiger partial charge < -0.3 is 10.0 Å². The number of aliphatic hydroxyl groups excluding tert-OH is 1. The van der Waals surface area contributed by atoms with Gasteiger partial charge in [0.25, 0.3) is 0 Å². The van der Waals surface area contributed by atoms with Crippen LogP contribution in [-0.2, 0) is 0 Å². The van der Waals surface area contributed by atoms with Crippen LogP contribution >= 0.6 is 0 Å². The molecule has 0 aliphatic rings. The molecule has 0 saturated carbocycles. The second-order valence-corrected chi connectivity index (χ2v) is 4.31. The van der Waals surface area contributed by atoms with Crippen LogP contribution in [-0.4, -0.2) is 17.1 Å². The molecule has 1 N–H and O–H groups in total. The molecule has 1 heterocycles. The molecular weight excluding hydrogens is 238 g/mol. The van der Waals surface area contributed by atoms with Crippen molar-refractivity contribution in [2.75, 3.05) is 11.9 Å². The van der Waals surface area contributed by atoms with Gasteiger partial charge in [-0.05, 0) is 37.3 Å². The molecule has 19 heavy (non-hydrogen) atoms. The molecule has 2 rings (SSSR count). The molecular formula is C15H15N3O. The van der Waals surface area contributed by atoms with Crippen LogP contribution in [0.15, 0.2) is 42.6 Å². The van der Waals surface area contributed by atoms with E-state index in [1.807, 2.05) is 30.1 Å². The molecule has 0 aliphatic carbocycles. The lowest BCUT2D eigenvalue weighted by atomic mass is 10.1. The summed E-state index contributed by atoms with van der Waals surface area (Å²) < 4.78 is 0. The lowest BCUT2D eigenvalue weighted by Crippen LogP contribution is -2.14. The van der Waals surface area contributed by atoms with Gasteiger partial charge in [-0.25, -0.2) is 4.98 Å². The molecule has 96 valence electrons. The predicted octanol–water partition coefficient (Wildman–Crippen LogP) is 2.77. The molecule has 0 saturated heterocycles. The Morgan fingerprint density at radius 1 is 1.26 bits per heavy atom. The van der Waals surface area contributed by atoms with Crippen LogP contribution in [0.3, 0.4) is 0 Å². The molecule has 0 aliphatic heterocycles. The second-order valence-electron chi connectivity index (χ2n) is 4.31. The van der Waals surface area contributed by atoms with Crippen LogP contribution in [0.2, 0.25) is 0 Å². The minimum atomic E-state index is -0.579. The Morgan fingerprint density at radius 2 is 1.95 bits per heavy atom. The molecule has 1 atom stereocenters. The van der Waals surface area contributed by atoms with Crippen molar-refractivity contribution in [3.63, 3.8) is 0 Å². The van der Waals surface area contributed by atoms with Gasteiger partial charge in [-0.15, -0.1) is 0 Å². The summed E-state index contributed by atoms with van der Waals surface area (Å²) in [7, 11) is 1.88. The van der Waals surface area contributed by atoms with E-state index in [-0.39, 0.29) is 0 Å². The third kappa shape index (κ3) is 2.72. The standard InChI is InChI=1S/C15H15N3O/c1-11(19)14-4-3-9-17-15(14)18(2)13-7-5-12(10-16)6-8-13/h3-9,11,19H,1-2H3. The van der Waals surface area contributed by atoms with Crippen molar-refractivity contribution in [3.8, 4) is 6.07 Å². The zero-order valence-corrected chi connectivity index (χ0v) is 10.9. The van der Waals surface area contributed by atoms with E-state index < -0.39 is 6.10 Å². The van der Waals surface area contributed by atoms with Gasteiger partial charge in [-0.2, -0.15) is 5.26 Å². The first-order valence-corrected chi connectivity index (χ1v) is 6.00. The van der Waals surface area contributed by atoms with E-state index in [0.717, 1.165) is 11.3 Å². The van der Waals surface area contributed by atoms with E-state index in [1.54, 1.807) is 31.3 Å². The highest BCUT2D eigenvalue weighted by Crippen LogP contribution is 2.28. The smallest absolute Gasteiger partial charge is 0.138 e. The number of aromatic nitrogens is 1. The van der Waals surface area contributed by atoms with Crippen molar-refractivity contribution in [1.29, 1.82) is 5.26 Å². The maximum Gasteiger partial charge on any atom is 0.138 e. The number of hydrogen-bond donors (Lipinski definition) is 1. The maximum atomic E-state index is 9.77. The molecule has 0 spiro atoms. The van der Waals surface area contributed by atoms with Gasteiger partial charge in [-0.3, -0.25) is 0 Å². The van der Waals surface area contributed by atoms with Crippen LogP contribution < -0.4 is 4.90 Å². The van der Waals surface area contributed by atoms with Crippen LogP contribution in [0, 0.1) is 11.3 Å². The number of aliphatic hydroxyl groups is 1. The number of anilines is 2. The number of nitrogens with zero attached hydrogens (tertiary/aromatic N) is 3. The van der Waals surface area contributed by atoms with Gasteiger partial charge in [0.2, 0.25) is 0 Å². The maximum absolute atomic E-state index is 9.77. The molecule has 0 bridgehead atoms. The first kappa shape index (κ1) is 13.1. The van der Waals surface area contributed by atoms with Gasteiger partial charge in [0.05, 0.1) is 17.7 Å². The van der Waals surface area contributed by atoms with Crippen molar-refractivity contribution in [2.45, 2.75) is 13.0 Å². The van der Waals surface area contributed by atoms with E-state index in [1.165, 1.54) is 0 Å². The molecule has 0 radical (unpaired) electrons.